The number of rotatable bonds is 14. The molecule has 8 N–H and O–H groups in total. The normalized spacial score (nSPS) is 46.1. The monoisotopic (exact) mass is 1020 g/mol. The zero-order chi connectivity index (χ0) is 53.6. The molecule has 5 rings (SSSR count). The van der Waals surface area contributed by atoms with Gasteiger partial charge in [-0.25, -0.2) is 9.59 Å². The molecule has 4 fully saturated rings. The van der Waals surface area contributed by atoms with E-state index in [0.717, 1.165) is 0 Å². The van der Waals surface area contributed by atoms with E-state index in [-0.39, 0.29) is 37.5 Å². The van der Waals surface area contributed by atoms with Crippen LogP contribution in [0.15, 0.2) is 48.6 Å². The van der Waals surface area contributed by atoms with E-state index in [0.29, 0.717) is 12.8 Å². The number of carbonyl (C=O) groups excluding carboxylic acids is 2. The Balaban J connectivity index is 1.28. The zero-order valence-corrected chi connectivity index (χ0v) is 44.4. The van der Waals surface area contributed by atoms with E-state index in [1.165, 1.54) is 24.3 Å². The quantitative estimate of drug-likeness (QED) is 0.114. The van der Waals surface area contributed by atoms with E-state index in [1.807, 2.05) is 27.7 Å². The van der Waals surface area contributed by atoms with Crippen LogP contribution in [0.4, 0.5) is 0 Å². The Morgan fingerprint density at radius 2 is 0.931 bits per heavy atom. The van der Waals surface area contributed by atoms with E-state index >= 15 is 0 Å². The first kappa shape index (κ1) is 60.2. The lowest BCUT2D eigenvalue weighted by Crippen LogP contribution is -2.59. The number of aliphatic hydroxyl groups is 8. The fraction of sp³-hybridized carbons (Fsp3) is 0.815. The number of allylic oxidation sites excluding steroid dienone is 4. The number of cyclic esters (lactones) is 2. The molecule has 0 aromatic heterocycles. The highest BCUT2D eigenvalue weighted by Gasteiger charge is 2.54. The summed E-state index contributed by atoms with van der Waals surface area (Å²) in [5.41, 5.74) is 0. The van der Waals surface area contributed by atoms with Crippen molar-refractivity contribution in [2.45, 2.75) is 231 Å². The predicted molar refractivity (Wildman–Crippen MR) is 263 cm³/mol. The van der Waals surface area contributed by atoms with Crippen LogP contribution in [0.3, 0.4) is 0 Å². The Morgan fingerprint density at radius 3 is 1.25 bits per heavy atom. The van der Waals surface area contributed by atoms with E-state index in [9.17, 15) is 50.4 Å². The van der Waals surface area contributed by atoms with Gasteiger partial charge in [0.05, 0.1) is 61.0 Å². The Hall–Kier alpha value is -2.66. The summed E-state index contributed by atoms with van der Waals surface area (Å²) in [5, 5.41) is 89.6. The molecule has 18 nitrogen and oxygen atoms in total. The van der Waals surface area contributed by atoms with Crippen molar-refractivity contribution in [1.29, 1.82) is 0 Å². The summed E-state index contributed by atoms with van der Waals surface area (Å²) in [6.07, 6.45) is -0.317. The summed E-state index contributed by atoms with van der Waals surface area (Å²) in [5.74, 6) is -9.84. The predicted octanol–water partition coefficient (Wildman–Crippen LogP) is 4.12. The minimum absolute atomic E-state index is 0.0264. The van der Waals surface area contributed by atoms with Crippen molar-refractivity contribution in [3.63, 3.8) is 0 Å². The average Bonchev–Trinajstić information content (AvgIpc) is 3.31. The molecule has 5 heterocycles. The van der Waals surface area contributed by atoms with E-state index < -0.39 is 157 Å². The first-order chi connectivity index (χ1) is 33.7. The summed E-state index contributed by atoms with van der Waals surface area (Å²) in [6.45, 7) is 21.3. The summed E-state index contributed by atoms with van der Waals surface area (Å²) in [7, 11) is 0. The van der Waals surface area contributed by atoms with Crippen molar-refractivity contribution >= 4 is 11.9 Å². The number of esters is 2. The van der Waals surface area contributed by atoms with E-state index in [4.69, 9.17) is 37.9 Å². The molecule has 0 radical (unpaired) electrons. The molecule has 0 saturated carbocycles. The van der Waals surface area contributed by atoms with E-state index in [1.54, 1.807) is 79.7 Å². The molecule has 0 bridgehead atoms. The second-order valence-electron chi connectivity index (χ2n) is 21.7. The average molecular weight is 1030 g/mol. The van der Waals surface area contributed by atoms with Crippen molar-refractivity contribution in [1.82, 2.24) is 0 Å². The lowest BCUT2D eigenvalue weighted by molar-refractivity contribution is -0.345. The summed E-state index contributed by atoms with van der Waals surface area (Å²) in [6, 6.07) is 0. The SMILES string of the molecule is CC[C@@H]1[C@@H](C)O[C@@](O)([C@@H](C)[C@H](O)[C@H](C)[C@H]2OC(=O)/C=C/C=C/[C@H](C)[C@@H]([C@@H](C)[C@@H](O)[C@H](C)[C@@]3(O)CC(OC4C[C@H](O)[C@H](O)[C@H](C)O4)[C@H](CC)[C@@H](C)O3)OC(=O)/C=C/C=C/[C@@H]2C)C[C@H]1O[C@H]1C[C@H](O)[C@H](O)[C@H](C)O1. The maximum absolute atomic E-state index is 13.5. The Kier molecular flexibility index (Phi) is 21.7. The van der Waals surface area contributed by atoms with Gasteiger partial charge >= 0.3 is 11.9 Å². The van der Waals surface area contributed by atoms with Crippen molar-refractivity contribution < 1.29 is 88.3 Å². The van der Waals surface area contributed by atoms with Crippen LogP contribution in [0.25, 0.3) is 0 Å². The van der Waals surface area contributed by atoms with Crippen LogP contribution >= 0.6 is 0 Å². The first-order valence-electron chi connectivity index (χ1n) is 26.4. The molecule has 26 atom stereocenters. The van der Waals surface area contributed by atoms with Crippen molar-refractivity contribution in [2.24, 2.45) is 47.3 Å². The molecule has 0 amide bonds. The summed E-state index contributed by atoms with van der Waals surface area (Å²) < 4.78 is 49.1. The molecule has 0 aromatic rings. The van der Waals surface area contributed by atoms with Crippen molar-refractivity contribution in [2.75, 3.05) is 0 Å². The molecule has 2 unspecified atom stereocenters. The maximum Gasteiger partial charge on any atom is 0.331 e. The van der Waals surface area contributed by atoms with Crippen molar-refractivity contribution in [3.8, 4) is 0 Å². The molecule has 412 valence electrons. The molecule has 72 heavy (non-hydrogen) atoms. The minimum Gasteiger partial charge on any atom is -0.458 e. The molecule has 18 heteroatoms. The van der Waals surface area contributed by atoms with Gasteiger partial charge in [-0.1, -0.05) is 91.8 Å². The molecule has 5 aliphatic heterocycles. The lowest BCUT2D eigenvalue weighted by atomic mass is 9.76. The minimum atomic E-state index is -1.88. The number of ether oxygens (including phenoxy) is 8. The molecule has 0 aromatic carbocycles. The molecule has 0 aliphatic carbocycles. The van der Waals surface area contributed by atoms with Crippen LogP contribution < -0.4 is 0 Å². The molecule has 5 aliphatic rings. The standard InChI is InChI=1S/C54H88O18/c1-13-37-33(9)71-53(63,25-41(37)67-45-23-39(55)49(61)35(11)65-45)31(7)47(59)29(5)51-27(3)19-15-17-22-44(58)70-52(28(4)20-16-18-21-43(57)69-51)30(6)48(60)32(8)54(64)26-42(38(14-2)34(10)72-54)68-46-24-40(56)50(62)36(12)66-46/h15-22,27-42,45-52,55-56,59-64H,13-14,23-26H2,1-12H3/b19-15+,20-16+,21-18+,22-17+/t27-,28-,29-,30-,31-,32-,33+,34+,35-,36-,37+,38+,39-,40-,41+,42?,45-,46?,47+,48+,49+,50+,51-,52-,53+,54+/m0/s1. The maximum atomic E-state index is 13.5. The smallest absolute Gasteiger partial charge is 0.331 e. The molecular weight excluding hydrogens is 937 g/mol. The largest absolute Gasteiger partial charge is 0.458 e. The molecule has 4 saturated heterocycles. The third-order valence-corrected chi connectivity index (χ3v) is 16.5. The van der Waals surface area contributed by atoms with Crippen LogP contribution in [0.2, 0.25) is 0 Å². The van der Waals surface area contributed by atoms with Gasteiger partial charge in [-0.3, -0.25) is 0 Å². The van der Waals surface area contributed by atoms with Gasteiger partial charge in [0.2, 0.25) is 0 Å². The van der Waals surface area contributed by atoms with Crippen LogP contribution in [0.1, 0.15) is 122 Å². The molecular formula is C54H88O18. The Bertz CT molecular complexity index is 1710. The van der Waals surface area contributed by atoms with Gasteiger partial charge < -0.3 is 78.7 Å². The third kappa shape index (κ3) is 14.4. The Labute approximate surface area is 426 Å². The second kappa shape index (κ2) is 25.9. The number of hydrogen-bond donors (Lipinski definition) is 8. The van der Waals surface area contributed by atoms with Gasteiger partial charge in [0.1, 0.15) is 24.4 Å². The van der Waals surface area contributed by atoms with Gasteiger partial charge in [-0.05, 0) is 40.5 Å². The summed E-state index contributed by atoms with van der Waals surface area (Å²) in [4.78, 5) is 27.0. The van der Waals surface area contributed by atoms with Crippen LogP contribution in [-0.4, -0.2) is 162 Å². The fourth-order valence-corrected chi connectivity index (χ4v) is 11.6. The van der Waals surface area contributed by atoms with Gasteiger partial charge in [0.15, 0.2) is 24.2 Å². The van der Waals surface area contributed by atoms with Gasteiger partial charge in [0, 0.05) is 85.2 Å². The first-order valence-corrected chi connectivity index (χ1v) is 26.4. The highest BCUT2D eigenvalue weighted by atomic mass is 16.7. The number of aliphatic hydroxyl groups excluding tert-OH is 6. The Morgan fingerprint density at radius 1 is 0.583 bits per heavy atom. The van der Waals surface area contributed by atoms with Crippen molar-refractivity contribution in [3.05, 3.63) is 48.6 Å². The summed E-state index contributed by atoms with van der Waals surface area (Å²) >= 11 is 0. The second-order valence-corrected chi connectivity index (χ2v) is 21.7. The number of hydrogen-bond acceptors (Lipinski definition) is 18. The topological polar surface area (TPSA) is 270 Å². The van der Waals surface area contributed by atoms with E-state index in [2.05, 4.69) is 0 Å². The number of carbonyl (C=O) groups is 2. The third-order valence-electron chi connectivity index (χ3n) is 16.5. The van der Waals surface area contributed by atoms with Crippen LogP contribution in [0, 0.1) is 47.3 Å². The van der Waals surface area contributed by atoms with Gasteiger partial charge in [-0.2, -0.15) is 0 Å². The van der Waals surface area contributed by atoms with Gasteiger partial charge in [0.25, 0.3) is 0 Å². The highest BCUT2D eigenvalue weighted by Crippen LogP contribution is 2.45. The fourth-order valence-electron chi connectivity index (χ4n) is 11.6. The highest BCUT2D eigenvalue weighted by molar-refractivity contribution is 5.83. The van der Waals surface area contributed by atoms with Crippen LogP contribution in [0.5, 0.6) is 0 Å². The zero-order valence-electron chi connectivity index (χ0n) is 44.4. The molecule has 0 spiro atoms. The van der Waals surface area contributed by atoms with Crippen LogP contribution in [-0.2, 0) is 47.5 Å². The lowest BCUT2D eigenvalue weighted by Gasteiger charge is -2.50. The van der Waals surface area contributed by atoms with Gasteiger partial charge in [-0.15, -0.1) is 0 Å².